The van der Waals surface area contributed by atoms with Gasteiger partial charge in [0.1, 0.15) is 0 Å². The SMILES string of the molecule is Cc1c(NC2CCOC(C)C2)cccc1S(N)(=O)=O. The minimum atomic E-state index is -3.67. The molecule has 2 rings (SSSR count). The zero-order valence-corrected chi connectivity index (χ0v) is 12.0. The minimum absolute atomic E-state index is 0.178. The number of benzene rings is 1. The van der Waals surface area contributed by atoms with E-state index < -0.39 is 10.0 Å². The maximum atomic E-state index is 11.5. The van der Waals surface area contributed by atoms with Crippen molar-refractivity contribution in [2.24, 2.45) is 5.14 Å². The third kappa shape index (κ3) is 3.46. The van der Waals surface area contributed by atoms with Gasteiger partial charge in [0, 0.05) is 18.3 Å². The molecule has 0 spiro atoms. The third-order valence-electron chi connectivity index (χ3n) is 3.44. The zero-order valence-electron chi connectivity index (χ0n) is 11.2. The van der Waals surface area contributed by atoms with E-state index in [-0.39, 0.29) is 11.0 Å². The molecule has 2 unspecified atom stereocenters. The van der Waals surface area contributed by atoms with E-state index in [0.717, 1.165) is 25.1 Å². The first-order valence-corrected chi connectivity index (χ1v) is 7.93. The van der Waals surface area contributed by atoms with Crippen molar-refractivity contribution in [2.45, 2.75) is 43.7 Å². The van der Waals surface area contributed by atoms with E-state index in [1.54, 1.807) is 13.0 Å². The summed E-state index contributed by atoms with van der Waals surface area (Å²) in [4.78, 5) is 0.178. The highest BCUT2D eigenvalue weighted by molar-refractivity contribution is 7.89. The van der Waals surface area contributed by atoms with Crippen molar-refractivity contribution in [1.29, 1.82) is 0 Å². The second-order valence-electron chi connectivity index (χ2n) is 5.02. The van der Waals surface area contributed by atoms with Crippen LogP contribution in [0, 0.1) is 6.92 Å². The first kappa shape index (κ1) is 14.3. The molecule has 1 aromatic carbocycles. The van der Waals surface area contributed by atoms with Crippen LogP contribution in [0.1, 0.15) is 25.3 Å². The maximum absolute atomic E-state index is 11.5. The van der Waals surface area contributed by atoms with Gasteiger partial charge in [0.25, 0.3) is 0 Å². The van der Waals surface area contributed by atoms with Crippen molar-refractivity contribution < 1.29 is 13.2 Å². The summed E-state index contributed by atoms with van der Waals surface area (Å²) in [6.07, 6.45) is 2.07. The summed E-state index contributed by atoms with van der Waals surface area (Å²) in [5.41, 5.74) is 1.50. The van der Waals surface area contributed by atoms with E-state index in [1.807, 2.05) is 13.0 Å². The fraction of sp³-hybridized carbons (Fsp3) is 0.538. The fourth-order valence-electron chi connectivity index (χ4n) is 2.43. The van der Waals surface area contributed by atoms with Crippen LogP contribution >= 0.6 is 0 Å². The van der Waals surface area contributed by atoms with Crippen LogP contribution in [0.4, 0.5) is 5.69 Å². The predicted octanol–water partition coefficient (Wildman–Crippen LogP) is 1.62. The van der Waals surface area contributed by atoms with Crippen LogP contribution in [0.2, 0.25) is 0 Å². The van der Waals surface area contributed by atoms with E-state index in [2.05, 4.69) is 5.32 Å². The Balaban J connectivity index is 2.21. The molecule has 6 heteroatoms. The van der Waals surface area contributed by atoms with E-state index >= 15 is 0 Å². The Morgan fingerprint density at radius 2 is 2.16 bits per heavy atom. The Morgan fingerprint density at radius 1 is 1.42 bits per heavy atom. The lowest BCUT2D eigenvalue weighted by Gasteiger charge is -2.29. The van der Waals surface area contributed by atoms with Gasteiger partial charge in [0.15, 0.2) is 0 Å². The Morgan fingerprint density at radius 3 is 2.79 bits per heavy atom. The van der Waals surface area contributed by atoms with Crippen molar-refractivity contribution >= 4 is 15.7 Å². The molecule has 1 aliphatic heterocycles. The van der Waals surface area contributed by atoms with Gasteiger partial charge in [-0.15, -0.1) is 0 Å². The Kier molecular flexibility index (Phi) is 4.13. The predicted molar refractivity (Wildman–Crippen MR) is 74.6 cm³/mol. The quantitative estimate of drug-likeness (QED) is 0.883. The van der Waals surface area contributed by atoms with Gasteiger partial charge in [-0.05, 0) is 44.4 Å². The molecule has 3 N–H and O–H groups in total. The van der Waals surface area contributed by atoms with Gasteiger partial charge in [-0.25, -0.2) is 13.6 Å². The number of hydrogen-bond acceptors (Lipinski definition) is 4. The lowest BCUT2D eigenvalue weighted by molar-refractivity contribution is 0.0232. The summed E-state index contributed by atoms with van der Waals surface area (Å²) in [5, 5.41) is 8.60. The second kappa shape index (κ2) is 5.48. The van der Waals surface area contributed by atoms with Crippen LogP contribution in [0.25, 0.3) is 0 Å². The molecule has 1 aliphatic rings. The molecule has 0 amide bonds. The van der Waals surface area contributed by atoms with Gasteiger partial charge in [0.05, 0.1) is 11.0 Å². The van der Waals surface area contributed by atoms with Gasteiger partial charge in [0.2, 0.25) is 10.0 Å². The Labute approximate surface area is 114 Å². The van der Waals surface area contributed by atoms with Gasteiger partial charge in [-0.2, -0.15) is 0 Å². The highest BCUT2D eigenvalue weighted by Crippen LogP contribution is 2.25. The lowest BCUT2D eigenvalue weighted by Crippen LogP contribution is -2.32. The molecule has 0 aromatic heterocycles. The molecule has 1 fully saturated rings. The lowest BCUT2D eigenvalue weighted by atomic mass is 10.0. The summed E-state index contributed by atoms with van der Waals surface area (Å²) in [6, 6.07) is 5.42. The van der Waals surface area contributed by atoms with Crippen molar-refractivity contribution in [1.82, 2.24) is 0 Å². The molecule has 1 aromatic rings. The van der Waals surface area contributed by atoms with Crippen molar-refractivity contribution in [3.8, 4) is 0 Å². The topological polar surface area (TPSA) is 81.4 Å². The number of rotatable bonds is 3. The molecule has 106 valence electrons. The van der Waals surface area contributed by atoms with Crippen molar-refractivity contribution in [2.75, 3.05) is 11.9 Å². The second-order valence-corrected chi connectivity index (χ2v) is 6.55. The highest BCUT2D eigenvalue weighted by atomic mass is 32.2. The molecule has 0 radical (unpaired) electrons. The van der Waals surface area contributed by atoms with Crippen LogP contribution in [-0.2, 0) is 14.8 Å². The minimum Gasteiger partial charge on any atom is -0.382 e. The third-order valence-corrected chi connectivity index (χ3v) is 4.49. The largest absolute Gasteiger partial charge is 0.382 e. The molecule has 1 saturated heterocycles. The maximum Gasteiger partial charge on any atom is 0.238 e. The van der Waals surface area contributed by atoms with Gasteiger partial charge < -0.3 is 10.1 Å². The average Bonchev–Trinajstić information content (AvgIpc) is 2.30. The number of nitrogens with two attached hydrogens (primary N) is 1. The normalized spacial score (nSPS) is 24.2. The fourth-order valence-corrected chi connectivity index (χ4v) is 3.23. The smallest absolute Gasteiger partial charge is 0.238 e. The molecule has 0 saturated carbocycles. The summed E-state index contributed by atoms with van der Waals surface area (Å²) < 4.78 is 28.5. The molecular weight excluding hydrogens is 264 g/mol. The van der Waals surface area contributed by atoms with Crippen molar-refractivity contribution in [3.05, 3.63) is 23.8 Å². The highest BCUT2D eigenvalue weighted by Gasteiger charge is 2.21. The van der Waals surface area contributed by atoms with Crippen LogP contribution in [0.3, 0.4) is 0 Å². The molecule has 1 heterocycles. The molecule has 2 atom stereocenters. The van der Waals surface area contributed by atoms with Crippen LogP contribution in [0.5, 0.6) is 0 Å². The summed E-state index contributed by atoms with van der Waals surface area (Å²) in [7, 11) is -3.67. The van der Waals surface area contributed by atoms with E-state index in [4.69, 9.17) is 9.88 Å². The molecule has 5 nitrogen and oxygen atoms in total. The summed E-state index contributed by atoms with van der Waals surface area (Å²) >= 11 is 0. The molecule has 0 bridgehead atoms. The monoisotopic (exact) mass is 284 g/mol. The van der Waals surface area contributed by atoms with Crippen LogP contribution in [-0.4, -0.2) is 27.2 Å². The summed E-state index contributed by atoms with van der Waals surface area (Å²) in [6.45, 7) is 4.54. The molecular formula is C13H20N2O3S. The van der Waals surface area contributed by atoms with Crippen LogP contribution in [0.15, 0.2) is 23.1 Å². The van der Waals surface area contributed by atoms with Crippen molar-refractivity contribution in [3.63, 3.8) is 0 Å². The number of nitrogens with one attached hydrogen (secondary N) is 1. The van der Waals surface area contributed by atoms with E-state index in [1.165, 1.54) is 6.07 Å². The zero-order chi connectivity index (χ0) is 14.0. The number of anilines is 1. The summed E-state index contributed by atoms with van der Waals surface area (Å²) in [5.74, 6) is 0. The van der Waals surface area contributed by atoms with Crippen LogP contribution < -0.4 is 10.5 Å². The number of primary sulfonamides is 1. The van der Waals surface area contributed by atoms with Gasteiger partial charge in [-0.3, -0.25) is 0 Å². The van der Waals surface area contributed by atoms with Gasteiger partial charge >= 0.3 is 0 Å². The Hall–Kier alpha value is -1.11. The number of hydrogen-bond donors (Lipinski definition) is 2. The Bertz CT molecular complexity index is 557. The average molecular weight is 284 g/mol. The first-order valence-electron chi connectivity index (χ1n) is 6.38. The van der Waals surface area contributed by atoms with Gasteiger partial charge in [-0.1, -0.05) is 6.07 Å². The van der Waals surface area contributed by atoms with E-state index in [9.17, 15) is 8.42 Å². The molecule has 0 aliphatic carbocycles. The first-order chi connectivity index (χ1) is 8.88. The standard InChI is InChI=1S/C13H20N2O3S/c1-9-8-11(6-7-18-9)15-12-4-3-5-13(10(12)2)19(14,16)17/h3-5,9,11,15H,6-8H2,1-2H3,(H2,14,16,17). The van der Waals surface area contributed by atoms with E-state index in [0.29, 0.717) is 11.6 Å². The number of ether oxygens (including phenoxy) is 1. The molecule has 19 heavy (non-hydrogen) atoms. The number of sulfonamides is 1.